The Labute approximate surface area is 112 Å². The molecule has 0 unspecified atom stereocenters. The number of aromatic carboxylic acids is 1. The maximum absolute atomic E-state index is 11.4. The van der Waals surface area contributed by atoms with Gasteiger partial charge in [0.15, 0.2) is 0 Å². The predicted molar refractivity (Wildman–Crippen MR) is 75.2 cm³/mol. The molecule has 1 aromatic carbocycles. The Kier molecular flexibility index (Phi) is 3.51. The Hall–Kier alpha value is -2.36. The first-order valence-electron chi connectivity index (χ1n) is 6.00. The largest absolute Gasteiger partial charge is 0.478 e. The fourth-order valence-corrected chi connectivity index (χ4v) is 2.02. The number of hydrogen-bond donors (Lipinski definition) is 1. The Morgan fingerprint density at radius 2 is 2.00 bits per heavy atom. The van der Waals surface area contributed by atoms with Gasteiger partial charge < -0.3 is 10.0 Å². The smallest absolute Gasteiger partial charge is 0.339 e. The lowest BCUT2D eigenvalue weighted by molar-refractivity contribution is 0.0696. The fraction of sp³-hybridized carbons (Fsp3) is 0.200. The highest BCUT2D eigenvalue weighted by molar-refractivity contribution is 5.95. The van der Waals surface area contributed by atoms with Gasteiger partial charge in [-0.1, -0.05) is 12.1 Å². The van der Waals surface area contributed by atoms with Crippen molar-refractivity contribution in [2.45, 2.75) is 13.8 Å². The second kappa shape index (κ2) is 5.10. The summed E-state index contributed by atoms with van der Waals surface area (Å²) in [5, 5.41) is 9.33. The Morgan fingerprint density at radius 3 is 2.63 bits per heavy atom. The number of carbonyl (C=O) groups is 1. The van der Waals surface area contributed by atoms with Crippen molar-refractivity contribution in [2.24, 2.45) is 0 Å². The average molecular weight is 256 g/mol. The molecule has 2 rings (SSSR count). The van der Waals surface area contributed by atoms with Crippen LogP contribution in [-0.4, -0.2) is 23.1 Å². The number of aromatic nitrogens is 1. The summed E-state index contributed by atoms with van der Waals surface area (Å²) in [5.41, 5.74) is 2.98. The number of nitrogens with zero attached hydrogens (tertiary/aromatic N) is 2. The summed E-state index contributed by atoms with van der Waals surface area (Å²) in [4.78, 5) is 17.4. The minimum absolute atomic E-state index is 0.242. The van der Waals surface area contributed by atoms with Crippen LogP contribution < -0.4 is 4.90 Å². The quantitative estimate of drug-likeness (QED) is 0.916. The molecule has 0 bridgehead atoms. The van der Waals surface area contributed by atoms with Gasteiger partial charge >= 0.3 is 5.97 Å². The highest BCUT2D eigenvalue weighted by atomic mass is 16.4. The third-order valence-corrected chi connectivity index (χ3v) is 3.06. The zero-order valence-electron chi connectivity index (χ0n) is 11.2. The summed E-state index contributed by atoms with van der Waals surface area (Å²) < 4.78 is 0. The zero-order valence-corrected chi connectivity index (χ0v) is 11.2. The van der Waals surface area contributed by atoms with Crippen molar-refractivity contribution in [3.8, 4) is 0 Å². The van der Waals surface area contributed by atoms with Crippen LogP contribution in [0.4, 0.5) is 11.5 Å². The number of benzene rings is 1. The molecule has 0 aliphatic carbocycles. The van der Waals surface area contributed by atoms with Crippen LogP contribution in [0.2, 0.25) is 0 Å². The van der Waals surface area contributed by atoms with E-state index in [0.717, 1.165) is 11.3 Å². The van der Waals surface area contributed by atoms with Gasteiger partial charge in [0.2, 0.25) is 0 Å². The Morgan fingerprint density at radius 1 is 1.26 bits per heavy atom. The average Bonchev–Trinajstić information content (AvgIpc) is 2.37. The summed E-state index contributed by atoms with van der Waals surface area (Å²) >= 11 is 0. The molecule has 0 saturated heterocycles. The number of rotatable bonds is 3. The molecule has 0 aliphatic rings. The van der Waals surface area contributed by atoms with Crippen molar-refractivity contribution in [2.75, 3.05) is 11.9 Å². The SMILES string of the molecule is Cc1cccc(N(C)c2nccc(C)c2C(=O)O)c1. The molecule has 0 radical (unpaired) electrons. The number of aryl methyl sites for hydroxylation is 2. The van der Waals surface area contributed by atoms with Crippen LogP contribution >= 0.6 is 0 Å². The molecule has 0 saturated carbocycles. The van der Waals surface area contributed by atoms with E-state index < -0.39 is 5.97 Å². The van der Waals surface area contributed by atoms with E-state index in [1.54, 1.807) is 24.1 Å². The number of carboxylic acid groups (broad SMARTS) is 1. The van der Waals surface area contributed by atoms with Crippen molar-refractivity contribution in [1.82, 2.24) is 4.98 Å². The monoisotopic (exact) mass is 256 g/mol. The predicted octanol–water partition coefficient (Wildman–Crippen LogP) is 3.16. The first-order chi connectivity index (χ1) is 9.00. The molecule has 0 amide bonds. The molecule has 19 heavy (non-hydrogen) atoms. The fourth-order valence-electron chi connectivity index (χ4n) is 2.02. The minimum Gasteiger partial charge on any atom is -0.478 e. The van der Waals surface area contributed by atoms with Gasteiger partial charge in [0.25, 0.3) is 0 Å². The van der Waals surface area contributed by atoms with E-state index in [2.05, 4.69) is 4.98 Å². The Balaban J connectivity index is 2.53. The lowest BCUT2D eigenvalue weighted by Crippen LogP contribution is -2.16. The third-order valence-electron chi connectivity index (χ3n) is 3.06. The molecular weight excluding hydrogens is 240 g/mol. The van der Waals surface area contributed by atoms with Crippen LogP contribution in [0.3, 0.4) is 0 Å². The van der Waals surface area contributed by atoms with E-state index in [0.29, 0.717) is 11.4 Å². The standard InChI is InChI=1S/C15H16N2O2/c1-10-5-4-6-12(9-10)17(3)14-13(15(18)19)11(2)7-8-16-14/h4-9H,1-3H3,(H,18,19). The van der Waals surface area contributed by atoms with Gasteiger partial charge in [0.05, 0.1) is 0 Å². The lowest BCUT2D eigenvalue weighted by atomic mass is 10.1. The molecule has 4 nitrogen and oxygen atoms in total. The normalized spacial score (nSPS) is 10.3. The summed E-state index contributed by atoms with van der Waals surface area (Å²) in [7, 11) is 1.82. The highest BCUT2D eigenvalue weighted by Crippen LogP contribution is 2.27. The van der Waals surface area contributed by atoms with Crippen LogP contribution in [0.15, 0.2) is 36.5 Å². The molecule has 1 aromatic heterocycles. The molecule has 0 fully saturated rings. The number of hydrogen-bond acceptors (Lipinski definition) is 3. The van der Waals surface area contributed by atoms with E-state index in [-0.39, 0.29) is 5.56 Å². The van der Waals surface area contributed by atoms with Gasteiger partial charge in [0, 0.05) is 18.9 Å². The number of carboxylic acids is 1. The van der Waals surface area contributed by atoms with Crippen LogP contribution in [0.25, 0.3) is 0 Å². The van der Waals surface area contributed by atoms with Gasteiger partial charge in [0.1, 0.15) is 11.4 Å². The van der Waals surface area contributed by atoms with Gasteiger partial charge in [-0.05, 0) is 43.2 Å². The van der Waals surface area contributed by atoms with E-state index >= 15 is 0 Å². The van der Waals surface area contributed by atoms with Gasteiger partial charge in [-0.3, -0.25) is 0 Å². The van der Waals surface area contributed by atoms with Crippen molar-refractivity contribution < 1.29 is 9.90 Å². The molecule has 1 heterocycles. The first kappa shape index (κ1) is 13.1. The number of anilines is 2. The molecule has 0 atom stereocenters. The molecule has 1 N–H and O–H groups in total. The topological polar surface area (TPSA) is 53.4 Å². The van der Waals surface area contributed by atoms with Crippen molar-refractivity contribution >= 4 is 17.5 Å². The maximum Gasteiger partial charge on any atom is 0.339 e. The lowest BCUT2D eigenvalue weighted by Gasteiger charge is -2.21. The summed E-state index contributed by atoms with van der Waals surface area (Å²) in [5.74, 6) is -0.502. The maximum atomic E-state index is 11.4. The molecule has 4 heteroatoms. The second-order valence-corrected chi connectivity index (χ2v) is 4.53. The molecular formula is C15H16N2O2. The zero-order chi connectivity index (χ0) is 14.0. The van der Waals surface area contributed by atoms with E-state index in [4.69, 9.17) is 0 Å². The Bertz CT molecular complexity index is 623. The molecule has 0 spiro atoms. The minimum atomic E-state index is -0.958. The van der Waals surface area contributed by atoms with E-state index in [1.807, 2.05) is 38.2 Å². The second-order valence-electron chi connectivity index (χ2n) is 4.53. The van der Waals surface area contributed by atoms with Gasteiger partial charge in [-0.2, -0.15) is 0 Å². The van der Waals surface area contributed by atoms with Crippen molar-refractivity contribution in [3.63, 3.8) is 0 Å². The molecule has 0 aliphatic heterocycles. The molecule has 2 aromatic rings. The van der Waals surface area contributed by atoms with Gasteiger partial charge in [-0.25, -0.2) is 9.78 Å². The van der Waals surface area contributed by atoms with E-state index in [1.165, 1.54) is 0 Å². The van der Waals surface area contributed by atoms with Crippen LogP contribution in [0.5, 0.6) is 0 Å². The summed E-state index contributed by atoms with van der Waals surface area (Å²) in [6.45, 7) is 3.78. The van der Waals surface area contributed by atoms with Gasteiger partial charge in [-0.15, -0.1) is 0 Å². The third kappa shape index (κ3) is 2.57. The van der Waals surface area contributed by atoms with Crippen molar-refractivity contribution in [1.29, 1.82) is 0 Å². The number of pyridine rings is 1. The van der Waals surface area contributed by atoms with Crippen molar-refractivity contribution in [3.05, 3.63) is 53.2 Å². The van der Waals surface area contributed by atoms with Crippen LogP contribution in [-0.2, 0) is 0 Å². The van der Waals surface area contributed by atoms with Crippen LogP contribution in [0.1, 0.15) is 21.5 Å². The summed E-state index contributed by atoms with van der Waals surface area (Å²) in [6, 6.07) is 9.58. The van der Waals surface area contributed by atoms with Crippen LogP contribution in [0, 0.1) is 13.8 Å². The molecule has 98 valence electrons. The first-order valence-corrected chi connectivity index (χ1v) is 6.00. The van der Waals surface area contributed by atoms with E-state index in [9.17, 15) is 9.90 Å². The summed E-state index contributed by atoms with van der Waals surface area (Å²) in [6.07, 6.45) is 1.63. The highest BCUT2D eigenvalue weighted by Gasteiger charge is 2.18.